The lowest BCUT2D eigenvalue weighted by atomic mass is 9.98. The Morgan fingerprint density at radius 2 is 1.68 bits per heavy atom. The molecule has 0 bridgehead atoms. The van der Waals surface area contributed by atoms with Crippen LogP contribution in [-0.2, 0) is 4.79 Å². The van der Waals surface area contributed by atoms with E-state index >= 15 is 0 Å². The number of anilines is 1. The molecular formula is C18H15BrN2O. The van der Waals surface area contributed by atoms with Crippen LogP contribution in [0.3, 0.4) is 0 Å². The van der Waals surface area contributed by atoms with Crippen LogP contribution in [0.2, 0.25) is 0 Å². The Hall–Kier alpha value is -2.20. The Morgan fingerprint density at radius 3 is 2.32 bits per heavy atom. The second kappa shape index (κ2) is 5.89. The third-order valence-electron chi connectivity index (χ3n) is 3.67. The highest BCUT2D eigenvalue weighted by atomic mass is 79.9. The van der Waals surface area contributed by atoms with E-state index in [1.165, 1.54) is 5.01 Å². The van der Waals surface area contributed by atoms with Gasteiger partial charge in [-0.3, -0.25) is 4.79 Å². The molecule has 0 aromatic heterocycles. The van der Waals surface area contributed by atoms with Gasteiger partial charge in [0.15, 0.2) is 0 Å². The molecular weight excluding hydrogens is 340 g/mol. The molecule has 0 radical (unpaired) electrons. The van der Waals surface area contributed by atoms with E-state index in [0.29, 0.717) is 5.57 Å². The van der Waals surface area contributed by atoms with Crippen LogP contribution >= 0.6 is 15.9 Å². The molecule has 110 valence electrons. The van der Waals surface area contributed by atoms with Crippen LogP contribution in [0.4, 0.5) is 5.69 Å². The number of para-hydroxylation sites is 1. The van der Waals surface area contributed by atoms with Gasteiger partial charge < -0.3 is 0 Å². The van der Waals surface area contributed by atoms with Gasteiger partial charge in [-0.25, -0.2) is 0 Å². The molecule has 0 saturated heterocycles. The lowest BCUT2D eigenvalue weighted by Crippen LogP contribution is -2.21. The van der Waals surface area contributed by atoms with E-state index in [1.54, 1.807) is 0 Å². The van der Waals surface area contributed by atoms with Crippen LogP contribution in [0.1, 0.15) is 19.4 Å². The first-order chi connectivity index (χ1) is 10.6. The Labute approximate surface area is 138 Å². The zero-order chi connectivity index (χ0) is 15.7. The third-order valence-corrected chi connectivity index (χ3v) is 4.20. The summed E-state index contributed by atoms with van der Waals surface area (Å²) < 4.78 is 1.02. The van der Waals surface area contributed by atoms with Crippen molar-refractivity contribution in [1.82, 2.24) is 0 Å². The number of benzene rings is 2. The second-order valence-corrected chi connectivity index (χ2v) is 6.06. The maximum absolute atomic E-state index is 12.7. The van der Waals surface area contributed by atoms with Gasteiger partial charge in [-0.2, -0.15) is 10.1 Å². The molecule has 22 heavy (non-hydrogen) atoms. The first-order valence-electron chi connectivity index (χ1n) is 7.00. The molecule has 1 aliphatic heterocycles. The van der Waals surface area contributed by atoms with E-state index in [-0.39, 0.29) is 5.91 Å². The maximum atomic E-state index is 12.7. The third kappa shape index (κ3) is 2.62. The Kier molecular flexibility index (Phi) is 3.94. The lowest BCUT2D eigenvalue weighted by Gasteiger charge is -2.12. The summed E-state index contributed by atoms with van der Waals surface area (Å²) in [6, 6.07) is 17.4. The van der Waals surface area contributed by atoms with Crippen LogP contribution in [0, 0.1) is 0 Å². The van der Waals surface area contributed by atoms with Gasteiger partial charge in [-0.15, -0.1) is 0 Å². The highest BCUT2D eigenvalue weighted by Crippen LogP contribution is 2.29. The summed E-state index contributed by atoms with van der Waals surface area (Å²) in [7, 11) is 0. The van der Waals surface area contributed by atoms with Crippen molar-refractivity contribution >= 4 is 38.8 Å². The van der Waals surface area contributed by atoms with E-state index < -0.39 is 0 Å². The van der Waals surface area contributed by atoms with E-state index in [1.807, 2.05) is 68.4 Å². The first-order valence-corrected chi connectivity index (χ1v) is 7.79. The maximum Gasteiger partial charge on any atom is 0.280 e. The first kappa shape index (κ1) is 14.7. The standard InChI is InChI=1S/C18H15BrN2O/c1-12(14-8-10-15(19)11-9-14)17-13(2)20-21(18(17)22)16-6-4-3-5-7-16/h3-11H,1-2H3/b17-12+. The Bertz CT molecular complexity index is 776. The number of allylic oxidation sites excluding steroid dienone is 1. The van der Waals surface area contributed by atoms with Crippen molar-refractivity contribution in [3.05, 3.63) is 70.2 Å². The molecule has 0 fully saturated rings. The highest BCUT2D eigenvalue weighted by Gasteiger charge is 2.30. The molecule has 2 aromatic carbocycles. The molecule has 0 spiro atoms. The van der Waals surface area contributed by atoms with Crippen molar-refractivity contribution in [3.8, 4) is 0 Å². The van der Waals surface area contributed by atoms with Crippen molar-refractivity contribution in [1.29, 1.82) is 0 Å². The highest BCUT2D eigenvalue weighted by molar-refractivity contribution is 9.10. The smallest absolute Gasteiger partial charge is 0.267 e. The van der Waals surface area contributed by atoms with Gasteiger partial charge >= 0.3 is 0 Å². The van der Waals surface area contributed by atoms with Gasteiger partial charge in [0.05, 0.1) is 17.0 Å². The number of hydrogen-bond donors (Lipinski definition) is 0. The zero-order valence-corrected chi connectivity index (χ0v) is 14.0. The summed E-state index contributed by atoms with van der Waals surface area (Å²) in [4.78, 5) is 12.7. The summed E-state index contributed by atoms with van der Waals surface area (Å²) in [6.45, 7) is 3.84. The van der Waals surface area contributed by atoms with Gasteiger partial charge in [0.1, 0.15) is 0 Å². The van der Waals surface area contributed by atoms with Gasteiger partial charge in [-0.05, 0) is 49.2 Å². The van der Waals surface area contributed by atoms with Crippen LogP contribution in [0.5, 0.6) is 0 Å². The fourth-order valence-corrected chi connectivity index (χ4v) is 2.79. The molecule has 0 N–H and O–H groups in total. The number of rotatable bonds is 2. The van der Waals surface area contributed by atoms with Crippen LogP contribution in [0.15, 0.2) is 69.7 Å². The molecule has 4 heteroatoms. The summed E-state index contributed by atoms with van der Waals surface area (Å²) in [5.41, 5.74) is 4.17. The molecule has 1 amide bonds. The number of nitrogens with zero attached hydrogens (tertiary/aromatic N) is 2. The van der Waals surface area contributed by atoms with E-state index in [9.17, 15) is 4.79 Å². The normalized spacial score (nSPS) is 16.8. The number of carbonyl (C=O) groups is 1. The van der Waals surface area contributed by atoms with Crippen LogP contribution < -0.4 is 5.01 Å². The monoisotopic (exact) mass is 354 g/mol. The van der Waals surface area contributed by atoms with Crippen molar-refractivity contribution in [3.63, 3.8) is 0 Å². The number of amides is 1. The van der Waals surface area contributed by atoms with E-state index in [0.717, 1.165) is 27.0 Å². The summed E-state index contributed by atoms with van der Waals surface area (Å²) in [6.07, 6.45) is 0. The molecule has 0 atom stereocenters. The molecule has 3 nitrogen and oxygen atoms in total. The SMILES string of the molecule is CC1=NN(c2ccccc2)C(=O)/C1=C(\C)c1ccc(Br)cc1. The quantitative estimate of drug-likeness (QED) is 0.722. The number of halogens is 1. The minimum atomic E-state index is -0.0795. The Balaban J connectivity index is 2.02. The number of carbonyl (C=O) groups excluding carboxylic acids is 1. The molecule has 0 unspecified atom stereocenters. The molecule has 1 aliphatic rings. The molecule has 0 saturated carbocycles. The number of hydrazone groups is 1. The summed E-state index contributed by atoms with van der Waals surface area (Å²) >= 11 is 3.43. The summed E-state index contributed by atoms with van der Waals surface area (Å²) in [5.74, 6) is -0.0795. The van der Waals surface area contributed by atoms with Gasteiger partial charge in [0.2, 0.25) is 0 Å². The average molecular weight is 355 g/mol. The predicted octanol–water partition coefficient (Wildman–Crippen LogP) is 4.65. The molecule has 3 rings (SSSR count). The number of hydrogen-bond acceptors (Lipinski definition) is 2. The molecule has 2 aromatic rings. The molecule has 0 aliphatic carbocycles. The van der Waals surface area contributed by atoms with E-state index in [4.69, 9.17) is 0 Å². The molecule has 1 heterocycles. The van der Waals surface area contributed by atoms with E-state index in [2.05, 4.69) is 21.0 Å². The largest absolute Gasteiger partial charge is 0.280 e. The van der Waals surface area contributed by atoms with Crippen molar-refractivity contribution in [2.75, 3.05) is 5.01 Å². The Morgan fingerprint density at radius 1 is 1.05 bits per heavy atom. The second-order valence-electron chi connectivity index (χ2n) is 5.14. The topological polar surface area (TPSA) is 32.7 Å². The zero-order valence-electron chi connectivity index (χ0n) is 12.4. The average Bonchev–Trinajstić information content (AvgIpc) is 2.83. The van der Waals surface area contributed by atoms with Crippen molar-refractivity contribution < 1.29 is 4.79 Å². The van der Waals surface area contributed by atoms with Crippen LogP contribution in [-0.4, -0.2) is 11.6 Å². The minimum absolute atomic E-state index is 0.0795. The summed E-state index contributed by atoms with van der Waals surface area (Å²) in [5, 5.41) is 5.88. The van der Waals surface area contributed by atoms with Crippen LogP contribution in [0.25, 0.3) is 5.57 Å². The van der Waals surface area contributed by atoms with Gasteiger partial charge in [0.25, 0.3) is 5.91 Å². The predicted molar refractivity (Wildman–Crippen MR) is 93.8 cm³/mol. The minimum Gasteiger partial charge on any atom is -0.267 e. The van der Waals surface area contributed by atoms with Gasteiger partial charge in [0, 0.05) is 4.47 Å². The lowest BCUT2D eigenvalue weighted by molar-refractivity contribution is -0.114. The van der Waals surface area contributed by atoms with Gasteiger partial charge in [-0.1, -0.05) is 46.3 Å². The fourth-order valence-electron chi connectivity index (χ4n) is 2.53. The van der Waals surface area contributed by atoms with Crippen molar-refractivity contribution in [2.24, 2.45) is 5.10 Å². The van der Waals surface area contributed by atoms with Crippen molar-refractivity contribution in [2.45, 2.75) is 13.8 Å². The fraction of sp³-hybridized carbons (Fsp3) is 0.111.